The lowest BCUT2D eigenvalue weighted by Gasteiger charge is -2.41. The summed E-state index contributed by atoms with van der Waals surface area (Å²) in [5, 5.41) is 0. The van der Waals surface area contributed by atoms with Crippen LogP contribution in [0.5, 0.6) is 11.5 Å². The van der Waals surface area contributed by atoms with Gasteiger partial charge in [0, 0.05) is 13.5 Å². The molecule has 0 unspecified atom stereocenters. The number of para-hydroxylation sites is 2. The molecule has 0 amide bonds. The molecule has 2 heterocycles. The fraction of sp³-hybridized carbons (Fsp3) is 0.190. The number of aromatic nitrogens is 1. The smallest absolute Gasteiger partial charge is 0.620 e. The van der Waals surface area contributed by atoms with E-state index >= 15 is 0 Å². The standard InChI is InChI=1S/C21H23BFNO2Si/c1-27(2,3)21(17-11-13-18(23)14-12-17)22(24-15-7-4-8-16-24)25-19-9-5-6-10-20(19)26-22/h4-16,21H,1-3H3/t21-/m0/s1. The minimum absolute atomic E-state index is 0.00194. The van der Waals surface area contributed by atoms with Crippen molar-refractivity contribution in [1.29, 1.82) is 0 Å². The van der Waals surface area contributed by atoms with Crippen molar-refractivity contribution in [3.63, 3.8) is 0 Å². The molecule has 0 spiro atoms. The molecule has 2 aromatic carbocycles. The highest BCUT2D eigenvalue weighted by molar-refractivity contribution is 6.90. The lowest BCUT2D eigenvalue weighted by Crippen LogP contribution is -2.77. The molecule has 0 saturated heterocycles. The summed E-state index contributed by atoms with van der Waals surface area (Å²) < 4.78 is 28.9. The highest BCUT2D eigenvalue weighted by Crippen LogP contribution is 2.44. The van der Waals surface area contributed by atoms with Crippen molar-refractivity contribution in [2.75, 3.05) is 0 Å². The van der Waals surface area contributed by atoms with Crippen LogP contribution in [0, 0.1) is 5.82 Å². The van der Waals surface area contributed by atoms with Gasteiger partial charge in [-0.3, -0.25) is 0 Å². The zero-order valence-electron chi connectivity index (χ0n) is 15.8. The molecule has 4 rings (SSSR count). The Morgan fingerprint density at radius 1 is 0.815 bits per heavy atom. The zero-order valence-corrected chi connectivity index (χ0v) is 16.8. The van der Waals surface area contributed by atoms with Gasteiger partial charge in [0.25, 0.3) is 0 Å². The molecule has 0 radical (unpaired) electrons. The summed E-state index contributed by atoms with van der Waals surface area (Å²) in [7, 11) is -1.87. The van der Waals surface area contributed by atoms with Gasteiger partial charge in [0.1, 0.15) is 29.7 Å². The maximum absolute atomic E-state index is 13.6. The van der Waals surface area contributed by atoms with Crippen molar-refractivity contribution in [2.24, 2.45) is 0 Å². The Kier molecular flexibility index (Phi) is 4.31. The average Bonchev–Trinajstić information content (AvgIpc) is 3.03. The number of fused-ring (bicyclic) bond motifs is 1. The molecule has 3 nitrogen and oxygen atoms in total. The predicted molar refractivity (Wildman–Crippen MR) is 108 cm³/mol. The van der Waals surface area contributed by atoms with E-state index in [-0.39, 0.29) is 11.3 Å². The van der Waals surface area contributed by atoms with Crippen LogP contribution in [0.4, 0.5) is 4.39 Å². The van der Waals surface area contributed by atoms with E-state index < -0.39 is 14.8 Å². The molecule has 1 aromatic heterocycles. The quantitative estimate of drug-likeness (QED) is 0.620. The molecule has 1 atom stereocenters. The van der Waals surface area contributed by atoms with Crippen molar-refractivity contribution in [3.05, 3.63) is 90.5 Å². The van der Waals surface area contributed by atoms with E-state index in [9.17, 15) is 4.39 Å². The lowest BCUT2D eigenvalue weighted by molar-refractivity contribution is -0.570. The lowest BCUT2D eigenvalue weighted by atomic mass is 9.63. The molecule has 138 valence electrons. The van der Waals surface area contributed by atoms with Gasteiger partial charge in [-0.05, 0) is 36.4 Å². The number of hydrogen-bond acceptors (Lipinski definition) is 2. The van der Waals surface area contributed by atoms with Crippen molar-refractivity contribution in [2.45, 2.75) is 25.1 Å². The molecule has 1 aliphatic rings. The average molecular weight is 379 g/mol. The third-order valence-electron chi connectivity index (χ3n) is 5.18. The summed E-state index contributed by atoms with van der Waals surface area (Å²) in [6, 6.07) is 20.5. The second-order valence-corrected chi connectivity index (χ2v) is 13.5. The molecule has 0 bridgehead atoms. The molecule has 6 heteroatoms. The third-order valence-corrected chi connectivity index (χ3v) is 7.80. The number of rotatable bonds is 4. The van der Waals surface area contributed by atoms with Gasteiger partial charge in [-0.25, -0.2) is 4.39 Å². The Morgan fingerprint density at radius 2 is 1.37 bits per heavy atom. The summed E-state index contributed by atoms with van der Waals surface area (Å²) >= 11 is 0. The van der Waals surface area contributed by atoms with E-state index in [1.807, 2.05) is 71.5 Å². The molecular weight excluding hydrogens is 356 g/mol. The van der Waals surface area contributed by atoms with Crippen molar-refractivity contribution >= 4 is 14.8 Å². The summed E-state index contributed by atoms with van der Waals surface area (Å²) in [5.74, 6) is 1.26. The van der Waals surface area contributed by atoms with E-state index in [0.717, 1.165) is 17.1 Å². The molecule has 0 aliphatic carbocycles. The number of nitrogens with zero attached hydrogens (tertiary/aromatic N) is 1. The van der Waals surface area contributed by atoms with Crippen LogP contribution in [0.25, 0.3) is 0 Å². The van der Waals surface area contributed by atoms with E-state index in [1.165, 1.54) is 12.1 Å². The van der Waals surface area contributed by atoms with Gasteiger partial charge in [-0.15, -0.1) is 0 Å². The molecular formula is C21H23BFNO2Si. The van der Waals surface area contributed by atoms with Gasteiger partial charge in [0.2, 0.25) is 0 Å². The Balaban J connectivity index is 1.93. The Bertz CT molecular complexity index is 919. The van der Waals surface area contributed by atoms with Gasteiger partial charge in [0.05, 0.1) is 0 Å². The van der Waals surface area contributed by atoms with Crippen LogP contribution >= 0.6 is 0 Å². The minimum atomic E-state index is -1.92. The van der Waals surface area contributed by atoms with Crippen LogP contribution in [0.15, 0.2) is 79.1 Å². The summed E-state index contributed by atoms with van der Waals surface area (Å²) in [5.41, 5.74) is 1.04. The largest absolute Gasteiger partial charge is 0.658 e. The van der Waals surface area contributed by atoms with E-state index in [1.54, 1.807) is 0 Å². The van der Waals surface area contributed by atoms with Crippen LogP contribution in [0.3, 0.4) is 0 Å². The first-order valence-corrected chi connectivity index (χ1v) is 12.8. The summed E-state index contributed by atoms with van der Waals surface area (Å²) in [6.45, 7) is 4.97. The number of hydrogen-bond donors (Lipinski definition) is 0. The third kappa shape index (κ3) is 3.14. The topological polar surface area (TPSA) is 22.3 Å². The van der Waals surface area contributed by atoms with Gasteiger partial charge in [0.15, 0.2) is 0 Å². The second-order valence-electron chi connectivity index (χ2n) is 8.13. The van der Waals surface area contributed by atoms with Crippen molar-refractivity contribution in [3.8, 4) is 11.5 Å². The van der Waals surface area contributed by atoms with E-state index in [4.69, 9.17) is 9.31 Å². The van der Waals surface area contributed by atoms with Crippen LogP contribution < -0.4 is 13.8 Å². The first kappa shape index (κ1) is 17.8. The number of halogens is 1. The first-order valence-electron chi connectivity index (χ1n) is 9.24. The Labute approximate surface area is 160 Å². The molecule has 1 aliphatic heterocycles. The van der Waals surface area contributed by atoms with Crippen LogP contribution in [0.1, 0.15) is 11.0 Å². The highest BCUT2D eigenvalue weighted by atomic mass is 28.3. The van der Waals surface area contributed by atoms with Gasteiger partial charge >= 0.3 is 6.69 Å². The summed E-state index contributed by atoms with van der Waals surface area (Å²) in [6.07, 6.45) is 3.98. The maximum atomic E-state index is 13.6. The van der Waals surface area contributed by atoms with Crippen LogP contribution in [-0.4, -0.2) is 14.8 Å². The summed E-state index contributed by atoms with van der Waals surface area (Å²) in [4.78, 5) is 0. The van der Waals surface area contributed by atoms with E-state index in [2.05, 4.69) is 19.6 Å². The van der Waals surface area contributed by atoms with Gasteiger partial charge in [-0.2, -0.15) is 0 Å². The number of benzene rings is 2. The second kappa shape index (κ2) is 6.53. The van der Waals surface area contributed by atoms with Crippen molar-refractivity contribution in [1.82, 2.24) is 0 Å². The Morgan fingerprint density at radius 3 is 1.89 bits per heavy atom. The minimum Gasteiger partial charge on any atom is -0.620 e. The molecule has 0 fully saturated rings. The monoisotopic (exact) mass is 379 g/mol. The molecule has 0 saturated carbocycles. The predicted octanol–water partition coefficient (Wildman–Crippen LogP) is 4.57. The maximum Gasteiger partial charge on any atom is 0.658 e. The van der Waals surface area contributed by atoms with Crippen LogP contribution in [-0.2, 0) is 0 Å². The molecule has 3 aromatic rings. The highest BCUT2D eigenvalue weighted by Gasteiger charge is 2.61. The fourth-order valence-electron chi connectivity index (χ4n) is 4.16. The zero-order chi connectivity index (χ0) is 19.1. The van der Waals surface area contributed by atoms with Crippen molar-refractivity contribution < 1.29 is 18.2 Å². The number of pyridine rings is 1. The van der Waals surface area contributed by atoms with Gasteiger partial charge < -0.3 is 13.8 Å². The van der Waals surface area contributed by atoms with Gasteiger partial charge in [-0.1, -0.05) is 55.5 Å². The molecule has 27 heavy (non-hydrogen) atoms. The Hall–Kier alpha value is -2.60. The normalized spacial score (nSPS) is 16.1. The SMILES string of the molecule is C[Si](C)(C)[C@@H](c1ccc(F)cc1)[B-]1([n+]2ccccc2)Oc2ccccc2O1. The van der Waals surface area contributed by atoms with E-state index in [0.29, 0.717) is 0 Å². The fourth-order valence-corrected chi connectivity index (χ4v) is 6.92. The molecule has 0 N–H and O–H groups in total. The first-order chi connectivity index (χ1) is 12.9. The van der Waals surface area contributed by atoms with Crippen LogP contribution in [0.2, 0.25) is 19.6 Å².